The van der Waals surface area contributed by atoms with Crippen molar-refractivity contribution in [3.8, 4) is 21.9 Å². The van der Waals surface area contributed by atoms with Crippen molar-refractivity contribution >= 4 is 27.9 Å². The van der Waals surface area contributed by atoms with Crippen LogP contribution < -0.4 is 14.8 Å². The molecule has 1 atom stereocenters. The number of hydrogen-bond donors (Lipinski definition) is 1. The average molecular weight is 491 g/mol. The number of nitrogens with zero attached hydrogens (tertiary/aromatic N) is 3. The largest absolute Gasteiger partial charge is 0.493 e. The number of anilines is 1. The predicted molar refractivity (Wildman–Crippen MR) is 146 cm³/mol. The standard InChI is InChI=1S/C28H34N4O2S/c1-17(2)27-21-14-23(33-6)24(34-7)15-22(21)28(31-30-27)29-18(3)25-12-13-26(35-25)20-11-9-8-10-19(20)16-32(4)5/h8-15,17-18H,16H2,1-7H3,(H,29,31). The SMILES string of the molecule is COc1cc2c(NC(C)c3ccc(-c4ccccc4CN(C)C)s3)nnc(C(C)C)c2cc1OC. The molecule has 7 heteroatoms. The van der Waals surface area contributed by atoms with Gasteiger partial charge in [-0.2, -0.15) is 5.10 Å². The Morgan fingerprint density at radius 2 is 1.60 bits per heavy atom. The molecule has 0 radical (unpaired) electrons. The Hall–Kier alpha value is -3.16. The number of methoxy groups -OCH3 is 2. The van der Waals surface area contributed by atoms with Crippen molar-refractivity contribution in [2.75, 3.05) is 33.6 Å². The Balaban J connectivity index is 1.68. The van der Waals surface area contributed by atoms with Crippen LogP contribution in [0, 0.1) is 0 Å². The van der Waals surface area contributed by atoms with Crippen LogP contribution in [0.3, 0.4) is 0 Å². The van der Waals surface area contributed by atoms with E-state index in [-0.39, 0.29) is 12.0 Å². The van der Waals surface area contributed by atoms with Gasteiger partial charge in [-0.25, -0.2) is 0 Å². The van der Waals surface area contributed by atoms with E-state index in [4.69, 9.17) is 9.47 Å². The number of aromatic nitrogens is 2. The topological polar surface area (TPSA) is 59.5 Å². The lowest BCUT2D eigenvalue weighted by atomic mass is 10.0. The van der Waals surface area contributed by atoms with E-state index in [1.54, 1.807) is 14.2 Å². The zero-order chi connectivity index (χ0) is 25.1. The number of hydrogen-bond acceptors (Lipinski definition) is 7. The van der Waals surface area contributed by atoms with E-state index < -0.39 is 0 Å². The molecule has 0 saturated carbocycles. The van der Waals surface area contributed by atoms with E-state index in [9.17, 15) is 0 Å². The lowest BCUT2D eigenvalue weighted by molar-refractivity contribution is 0.356. The summed E-state index contributed by atoms with van der Waals surface area (Å²) in [5.41, 5.74) is 3.55. The van der Waals surface area contributed by atoms with Crippen molar-refractivity contribution < 1.29 is 9.47 Å². The van der Waals surface area contributed by atoms with Gasteiger partial charge in [0, 0.05) is 27.1 Å². The summed E-state index contributed by atoms with van der Waals surface area (Å²) in [6.45, 7) is 7.31. The minimum absolute atomic E-state index is 0.0604. The van der Waals surface area contributed by atoms with Gasteiger partial charge in [-0.15, -0.1) is 16.4 Å². The summed E-state index contributed by atoms with van der Waals surface area (Å²) in [5, 5.41) is 14.7. The summed E-state index contributed by atoms with van der Waals surface area (Å²) in [6.07, 6.45) is 0. The number of ether oxygens (including phenoxy) is 2. The third-order valence-electron chi connectivity index (χ3n) is 6.04. The Morgan fingerprint density at radius 3 is 2.26 bits per heavy atom. The van der Waals surface area contributed by atoms with Gasteiger partial charge < -0.3 is 19.7 Å². The zero-order valence-corrected chi connectivity index (χ0v) is 22.4. The van der Waals surface area contributed by atoms with Gasteiger partial charge in [0.15, 0.2) is 17.3 Å². The Labute approximate surface area is 211 Å². The average Bonchev–Trinajstić information content (AvgIpc) is 3.33. The van der Waals surface area contributed by atoms with E-state index in [1.165, 1.54) is 20.9 Å². The summed E-state index contributed by atoms with van der Waals surface area (Å²) in [7, 11) is 7.50. The third kappa shape index (κ3) is 5.26. The van der Waals surface area contributed by atoms with Gasteiger partial charge in [-0.3, -0.25) is 0 Å². The summed E-state index contributed by atoms with van der Waals surface area (Å²) >= 11 is 1.81. The Bertz CT molecular complexity index is 1320. The van der Waals surface area contributed by atoms with Gasteiger partial charge >= 0.3 is 0 Å². The first-order chi connectivity index (χ1) is 16.8. The molecule has 6 nitrogen and oxygen atoms in total. The second kappa shape index (κ2) is 10.6. The van der Waals surface area contributed by atoms with Crippen LogP contribution in [0.1, 0.15) is 48.9 Å². The van der Waals surface area contributed by atoms with E-state index in [0.29, 0.717) is 11.5 Å². The predicted octanol–water partition coefficient (Wildman–Crippen LogP) is 6.73. The molecule has 4 aromatic rings. The molecule has 0 aliphatic carbocycles. The fourth-order valence-electron chi connectivity index (χ4n) is 4.28. The highest BCUT2D eigenvalue weighted by Crippen LogP contribution is 2.39. The molecule has 184 valence electrons. The first-order valence-corrected chi connectivity index (χ1v) is 12.7. The summed E-state index contributed by atoms with van der Waals surface area (Å²) in [5.74, 6) is 2.33. The van der Waals surface area contributed by atoms with E-state index >= 15 is 0 Å². The molecule has 0 spiro atoms. The van der Waals surface area contributed by atoms with Gasteiger partial charge in [-0.05, 0) is 62.3 Å². The molecule has 2 aromatic carbocycles. The number of rotatable bonds is 9. The zero-order valence-electron chi connectivity index (χ0n) is 21.5. The normalized spacial score (nSPS) is 12.4. The maximum Gasteiger partial charge on any atom is 0.161 e. The van der Waals surface area contributed by atoms with Gasteiger partial charge in [0.05, 0.1) is 26.0 Å². The second-order valence-electron chi connectivity index (χ2n) is 9.30. The van der Waals surface area contributed by atoms with Crippen LogP contribution in [-0.4, -0.2) is 43.4 Å². The highest BCUT2D eigenvalue weighted by atomic mass is 32.1. The molecular formula is C28H34N4O2S. The van der Waals surface area contributed by atoms with Gasteiger partial charge in [-0.1, -0.05) is 38.1 Å². The van der Waals surface area contributed by atoms with Gasteiger partial charge in [0.25, 0.3) is 0 Å². The Kier molecular flexibility index (Phi) is 7.57. The number of nitrogens with one attached hydrogen (secondary N) is 1. The Morgan fingerprint density at radius 1 is 0.914 bits per heavy atom. The molecule has 0 saturated heterocycles. The fraction of sp³-hybridized carbons (Fsp3) is 0.357. The molecule has 0 aliphatic rings. The number of thiophene rings is 1. The minimum atomic E-state index is 0.0604. The monoisotopic (exact) mass is 490 g/mol. The first kappa shape index (κ1) is 24.9. The van der Waals surface area contributed by atoms with Crippen molar-refractivity contribution in [1.29, 1.82) is 0 Å². The van der Waals surface area contributed by atoms with Crippen molar-refractivity contribution in [2.24, 2.45) is 0 Å². The molecule has 0 fully saturated rings. The van der Waals surface area contributed by atoms with Gasteiger partial charge in [0.1, 0.15) is 0 Å². The van der Waals surface area contributed by atoms with Crippen molar-refractivity contribution in [2.45, 2.75) is 39.3 Å². The molecule has 1 N–H and O–H groups in total. The van der Waals surface area contributed by atoms with Crippen molar-refractivity contribution in [3.05, 3.63) is 64.7 Å². The maximum absolute atomic E-state index is 5.58. The molecule has 4 rings (SSSR count). The number of benzene rings is 2. The van der Waals surface area contributed by atoms with Crippen LogP contribution in [0.2, 0.25) is 0 Å². The highest BCUT2D eigenvalue weighted by molar-refractivity contribution is 7.15. The molecule has 0 amide bonds. The van der Waals surface area contributed by atoms with Crippen LogP contribution in [0.25, 0.3) is 21.2 Å². The quantitative estimate of drug-likeness (QED) is 0.281. The molecule has 2 aromatic heterocycles. The fourth-order valence-corrected chi connectivity index (χ4v) is 5.35. The minimum Gasteiger partial charge on any atom is -0.493 e. The molecular weight excluding hydrogens is 456 g/mol. The lowest BCUT2D eigenvalue weighted by Gasteiger charge is -2.18. The summed E-state index contributed by atoms with van der Waals surface area (Å²) in [4.78, 5) is 4.71. The highest BCUT2D eigenvalue weighted by Gasteiger charge is 2.19. The smallest absolute Gasteiger partial charge is 0.161 e. The maximum atomic E-state index is 5.58. The van der Waals surface area contributed by atoms with Gasteiger partial charge in [0.2, 0.25) is 0 Å². The van der Waals surface area contributed by atoms with Crippen LogP contribution in [0.4, 0.5) is 5.82 Å². The lowest BCUT2D eigenvalue weighted by Crippen LogP contribution is -2.11. The second-order valence-corrected chi connectivity index (χ2v) is 10.4. The van der Waals surface area contributed by atoms with Crippen molar-refractivity contribution in [1.82, 2.24) is 15.1 Å². The number of fused-ring (bicyclic) bond motifs is 1. The van der Waals surface area contributed by atoms with Crippen LogP contribution in [0.5, 0.6) is 11.5 Å². The molecule has 0 aliphatic heterocycles. The first-order valence-electron chi connectivity index (χ1n) is 11.8. The van der Waals surface area contributed by atoms with E-state index in [1.807, 2.05) is 23.5 Å². The van der Waals surface area contributed by atoms with E-state index in [0.717, 1.165) is 28.8 Å². The summed E-state index contributed by atoms with van der Waals surface area (Å²) in [6, 6.07) is 17.1. The third-order valence-corrected chi connectivity index (χ3v) is 7.34. The summed E-state index contributed by atoms with van der Waals surface area (Å²) < 4.78 is 11.1. The molecule has 35 heavy (non-hydrogen) atoms. The molecule has 2 heterocycles. The van der Waals surface area contributed by atoms with Crippen LogP contribution >= 0.6 is 11.3 Å². The molecule has 0 bridgehead atoms. The van der Waals surface area contributed by atoms with E-state index in [2.05, 4.69) is 91.7 Å². The van der Waals surface area contributed by atoms with Crippen molar-refractivity contribution in [3.63, 3.8) is 0 Å². The van der Waals surface area contributed by atoms with Crippen LogP contribution in [0.15, 0.2) is 48.5 Å². The molecule has 1 unspecified atom stereocenters. The van der Waals surface area contributed by atoms with Crippen LogP contribution in [-0.2, 0) is 6.54 Å².